The summed E-state index contributed by atoms with van der Waals surface area (Å²) in [6.07, 6.45) is 2.90. The Morgan fingerprint density at radius 2 is 2.24 bits per heavy atom. The van der Waals surface area contributed by atoms with Crippen molar-refractivity contribution >= 4 is 11.8 Å². The number of primary amides is 1. The fourth-order valence-corrected chi connectivity index (χ4v) is 2.86. The summed E-state index contributed by atoms with van der Waals surface area (Å²) in [5.41, 5.74) is 6.00. The Bertz CT molecular complexity index is 521. The first kappa shape index (κ1) is 15.4. The fourth-order valence-electron chi connectivity index (χ4n) is 2.86. The number of hydrogen-bond acceptors (Lipinski definition) is 4. The van der Waals surface area contributed by atoms with Crippen molar-refractivity contribution in [3.8, 4) is 0 Å². The monoisotopic (exact) mass is 290 g/mol. The second-order valence-corrected chi connectivity index (χ2v) is 5.47. The van der Waals surface area contributed by atoms with Crippen LogP contribution in [0.25, 0.3) is 0 Å². The number of Topliss-reactive ketones (excluding diaryl/α,β-unsaturated/α-hetero) is 1. The highest BCUT2D eigenvalue weighted by Crippen LogP contribution is 2.28. The maximum absolute atomic E-state index is 13.0. The molecule has 1 atom stereocenters. The van der Waals surface area contributed by atoms with Gasteiger partial charge in [-0.15, -0.1) is 0 Å². The molecule has 1 aliphatic rings. The minimum Gasteiger partial charge on any atom is -0.351 e. The van der Waals surface area contributed by atoms with E-state index in [1.807, 2.05) is 13.8 Å². The smallest absolute Gasteiger partial charge is 0.315 e. The van der Waals surface area contributed by atoms with E-state index in [2.05, 4.69) is 10.3 Å². The van der Waals surface area contributed by atoms with Crippen LogP contribution in [0, 0.1) is 6.92 Å². The summed E-state index contributed by atoms with van der Waals surface area (Å²) >= 11 is 0. The number of aryl methyl sites for hydroxylation is 1. The molecule has 1 saturated heterocycles. The van der Waals surface area contributed by atoms with Gasteiger partial charge >= 0.3 is 6.03 Å². The molecule has 0 aromatic carbocycles. The highest BCUT2D eigenvalue weighted by Gasteiger charge is 2.47. The number of urea groups is 1. The molecule has 0 saturated carbocycles. The molecule has 21 heavy (non-hydrogen) atoms. The quantitative estimate of drug-likeness (QED) is 0.795. The average Bonchev–Trinajstić information content (AvgIpc) is 2.95. The summed E-state index contributed by atoms with van der Waals surface area (Å²) in [4.78, 5) is 30.5. The van der Waals surface area contributed by atoms with E-state index in [-0.39, 0.29) is 5.78 Å². The van der Waals surface area contributed by atoms with Crippen molar-refractivity contribution in [2.45, 2.75) is 32.2 Å². The first-order valence-electron chi connectivity index (χ1n) is 7.26. The minimum absolute atomic E-state index is 0.0905. The molecule has 0 unspecified atom stereocenters. The van der Waals surface area contributed by atoms with E-state index >= 15 is 0 Å². The maximum Gasteiger partial charge on any atom is 0.315 e. The van der Waals surface area contributed by atoms with Gasteiger partial charge in [-0.25, -0.2) is 4.79 Å². The number of carbonyl (C=O) groups excluding carboxylic acids is 2. The molecule has 0 bridgehead atoms. The van der Waals surface area contributed by atoms with Crippen LogP contribution in [-0.2, 0) is 0 Å². The summed E-state index contributed by atoms with van der Waals surface area (Å²) in [5, 5.41) is 3.18. The van der Waals surface area contributed by atoms with Gasteiger partial charge in [0.25, 0.3) is 0 Å². The Morgan fingerprint density at radius 1 is 1.48 bits per heavy atom. The predicted molar refractivity (Wildman–Crippen MR) is 80.1 cm³/mol. The average molecular weight is 290 g/mol. The largest absolute Gasteiger partial charge is 0.351 e. The minimum atomic E-state index is -0.890. The Balaban J connectivity index is 2.39. The van der Waals surface area contributed by atoms with Crippen LogP contribution in [0.2, 0.25) is 0 Å². The number of nitrogens with one attached hydrogen (secondary N) is 1. The lowest BCUT2D eigenvalue weighted by Crippen LogP contribution is -2.60. The van der Waals surface area contributed by atoms with Gasteiger partial charge in [0.15, 0.2) is 5.78 Å². The number of hydrogen-bond donors (Lipinski definition) is 2. The van der Waals surface area contributed by atoms with E-state index < -0.39 is 11.6 Å². The van der Waals surface area contributed by atoms with Gasteiger partial charge in [-0.05, 0) is 38.4 Å². The van der Waals surface area contributed by atoms with Gasteiger partial charge in [-0.2, -0.15) is 0 Å². The Labute approximate surface area is 124 Å². The zero-order valence-corrected chi connectivity index (χ0v) is 12.6. The lowest BCUT2D eigenvalue weighted by atomic mass is 9.87. The number of nitrogens with two attached hydrogens (primary N) is 1. The molecule has 1 fully saturated rings. The van der Waals surface area contributed by atoms with Crippen molar-refractivity contribution in [1.82, 2.24) is 15.2 Å². The topological polar surface area (TPSA) is 88.3 Å². The maximum atomic E-state index is 13.0. The summed E-state index contributed by atoms with van der Waals surface area (Å²) < 4.78 is 0. The highest BCUT2D eigenvalue weighted by molar-refractivity contribution is 6.05. The van der Waals surface area contributed by atoms with Crippen molar-refractivity contribution in [3.05, 3.63) is 29.6 Å². The molecule has 1 aromatic rings. The summed E-state index contributed by atoms with van der Waals surface area (Å²) in [7, 11) is 0. The second kappa shape index (κ2) is 6.22. The van der Waals surface area contributed by atoms with Gasteiger partial charge in [0.2, 0.25) is 0 Å². The molecule has 1 aliphatic heterocycles. The SMILES string of the molecule is CCCN(C(N)=O)[C@]1(C(=O)c2ccc(C)nc2)CCNC1. The van der Waals surface area contributed by atoms with Gasteiger partial charge in [0.1, 0.15) is 5.54 Å². The van der Waals surface area contributed by atoms with Crippen molar-refractivity contribution in [3.63, 3.8) is 0 Å². The molecule has 6 heteroatoms. The number of aromatic nitrogens is 1. The van der Waals surface area contributed by atoms with Crippen molar-refractivity contribution in [2.24, 2.45) is 5.73 Å². The van der Waals surface area contributed by atoms with Crippen LogP contribution < -0.4 is 11.1 Å². The summed E-state index contributed by atoms with van der Waals surface area (Å²) in [6.45, 7) is 5.43. The highest BCUT2D eigenvalue weighted by atomic mass is 16.2. The Kier molecular flexibility index (Phi) is 4.57. The van der Waals surface area contributed by atoms with Crippen LogP contribution in [-0.4, -0.2) is 46.9 Å². The van der Waals surface area contributed by atoms with Gasteiger partial charge in [-0.3, -0.25) is 9.78 Å². The van der Waals surface area contributed by atoms with Crippen LogP contribution in [0.3, 0.4) is 0 Å². The van der Waals surface area contributed by atoms with Crippen LogP contribution in [0.15, 0.2) is 18.3 Å². The molecular formula is C15H22N4O2. The van der Waals surface area contributed by atoms with E-state index in [9.17, 15) is 9.59 Å². The van der Waals surface area contributed by atoms with Crippen LogP contribution in [0.1, 0.15) is 35.8 Å². The van der Waals surface area contributed by atoms with Gasteiger partial charge in [-0.1, -0.05) is 6.92 Å². The second-order valence-electron chi connectivity index (χ2n) is 5.47. The molecule has 2 rings (SSSR count). The lowest BCUT2D eigenvalue weighted by molar-refractivity contribution is 0.0685. The Hall–Kier alpha value is -1.95. The molecular weight excluding hydrogens is 268 g/mol. The third-order valence-electron chi connectivity index (χ3n) is 3.96. The summed E-state index contributed by atoms with van der Waals surface area (Å²) in [6, 6.07) is 3.02. The van der Waals surface area contributed by atoms with E-state index in [0.717, 1.165) is 12.1 Å². The van der Waals surface area contributed by atoms with Crippen LogP contribution in [0.5, 0.6) is 0 Å². The van der Waals surface area contributed by atoms with Crippen molar-refractivity contribution in [2.75, 3.05) is 19.6 Å². The molecule has 2 amide bonds. The number of amides is 2. The molecule has 0 radical (unpaired) electrons. The summed E-state index contributed by atoms with van der Waals surface area (Å²) in [5.74, 6) is -0.0905. The number of pyridine rings is 1. The normalized spacial score (nSPS) is 21.2. The van der Waals surface area contributed by atoms with Crippen molar-refractivity contribution < 1.29 is 9.59 Å². The first-order valence-corrected chi connectivity index (χ1v) is 7.26. The van der Waals surface area contributed by atoms with Gasteiger partial charge in [0, 0.05) is 30.5 Å². The van der Waals surface area contributed by atoms with E-state index in [1.165, 1.54) is 4.90 Å². The molecule has 1 aromatic heterocycles. The molecule has 6 nitrogen and oxygen atoms in total. The van der Waals surface area contributed by atoms with Crippen molar-refractivity contribution in [1.29, 1.82) is 0 Å². The fraction of sp³-hybridized carbons (Fsp3) is 0.533. The van der Waals surface area contributed by atoms with E-state index in [0.29, 0.717) is 31.6 Å². The zero-order valence-electron chi connectivity index (χ0n) is 12.6. The Morgan fingerprint density at radius 3 is 2.71 bits per heavy atom. The first-order chi connectivity index (χ1) is 10.0. The van der Waals surface area contributed by atoms with Gasteiger partial charge < -0.3 is 16.0 Å². The number of rotatable bonds is 5. The predicted octanol–water partition coefficient (Wildman–Crippen LogP) is 1.10. The molecule has 114 valence electrons. The van der Waals surface area contributed by atoms with E-state index in [1.54, 1.807) is 18.3 Å². The molecule has 2 heterocycles. The van der Waals surface area contributed by atoms with Crippen LogP contribution in [0.4, 0.5) is 4.79 Å². The third kappa shape index (κ3) is 2.90. The van der Waals surface area contributed by atoms with E-state index in [4.69, 9.17) is 5.73 Å². The number of carbonyl (C=O) groups is 2. The third-order valence-corrected chi connectivity index (χ3v) is 3.96. The number of ketones is 1. The zero-order chi connectivity index (χ0) is 15.5. The standard InChI is InChI=1S/C15H22N4O2/c1-3-8-19(14(16)21)15(6-7-17-10-15)13(20)12-5-4-11(2)18-9-12/h4-5,9,17H,3,6-8,10H2,1-2H3,(H2,16,21)/t15-/m1/s1. The molecule has 0 aliphatic carbocycles. The van der Waals surface area contributed by atoms with Crippen LogP contribution >= 0.6 is 0 Å². The van der Waals surface area contributed by atoms with Gasteiger partial charge in [0.05, 0.1) is 0 Å². The molecule has 3 N–H and O–H groups in total. The number of nitrogens with zero attached hydrogens (tertiary/aromatic N) is 2. The lowest BCUT2D eigenvalue weighted by Gasteiger charge is -2.38. The molecule has 0 spiro atoms.